The Morgan fingerprint density at radius 1 is 1.50 bits per heavy atom. The zero-order chi connectivity index (χ0) is 12.3. The van der Waals surface area contributed by atoms with Crippen LogP contribution >= 0.6 is 11.3 Å². The predicted octanol–water partition coefficient (Wildman–Crippen LogP) is 1.86. The van der Waals surface area contributed by atoms with Crippen molar-refractivity contribution in [2.24, 2.45) is 11.7 Å². The lowest BCUT2D eigenvalue weighted by atomic mass is 10.2. The molecule has 0 saturated carbocycles. The fourth-order valence-corrected chi connectivity index (χ4v) is 2.37. The van der Waals surface area contributed by atoms with E-state index in [2.05, 4.69) is 31.1 Å². The van der Waals surface area contributed by atoms with E-state index in [1.807, 2.05) is 6.92 Å². The van der Waals surface area contributed by atoms with E-state index in [1.165, 1.54) is 11.3 Å². The number of aryl methyl sites for hydroxylation is 1. The molecule has 0 radical (unpaired) electrons. The molecule has 3 N–H and O–H groups in total. The van der Waals surface area contributed by atoms with E-state index in [4.69, 9.17) is 5.73 Å². The molecule has 1 atom stereocenters. The number of hydrogen-bond donors (Lipinski definition) is 2. The van der Waals surface area contributed by atoms with Gasteiger partial charge in [0.1, 0.15) is 0 Å². The van der Waals surface area contributed by atoms with Crippen LogP contribution in [0.5, 0.6) is 0 Å². The Kier molecular flexibility index (Phi) is 4.44. The normalized spacial score (nSPS) is 13.1. The molecule has 0 saturated heterocycles. The maximum atomic E-state index is 11.0. The number of thiazole rings is 1. The number of primary amides is 1. The number of nitrogens with two attached hydrogens (primary N) is 1. The van der Waals surface area contributed by atoms with Gasteiger partial charge >= 0.3 is 0 Å². The fraction of sp³-hybridized carbons (Fsp3) is 0.636. The first-order chi connectivity index (χ1) is 7.41. The van der Waals surface area contributed by atoms with Gasteiger partial charge in [-0.1, -0.05) is 13.8 Å². The summed E-state index contributed by atoms with van der Waals surface area (Å²) >= 11 is 1.38. The zero-order valence-electron chi connectivity index (χ0n) is 10.2. The molecule has 1 heterocycles. The van der Waals surface area contributed by atoms with Crippen LogP contribution in [0.4, 0.5) is 0 Å². The van der Waals surface area contributed by atoms with Gasteiger partial charge in [-0.15, -0.1) is 11.3 Å². The molecule has 0 aliphatic heterocycles. The number of aromatic nitrogens is 1. The number of rotatable bonds is 5. The van der Waals surface area contributed by atoms with E-state index < -0.39 is 5.91 Å². The number of nitrogens with zero attached hydrogens (tertiary/aromatic N) is 1. The van der Waals surface area contributed by atoms with Crippen molar-refractivity contribution in [1.82, 2.24) is 10.3 Å². The van der Waals surface area contributed by atoms with Gasteiger partial charge in [-0.05, 0) is 26.3 Å². The van der Waals surface area contributed by atoms with Crippen molar-refractivity contribution in [3.05, 3.63) is 15.6 Å². The van der Waals surface area contributed by atoms with Gasteiger partial charge in [-0.25, -0.2) is 4.98 Å². The first-order valence-corrected chi connectivity index (χ1v) is 6.24. The highest BCUT2D eigenvalue weighted by Crippen LogP contribution is 2.24. The molecule has 0 aromatic carbocycles. The van der Waals surface area contributed by atoms with Gasteiger partial charge in [0.2, 0.25) is 0 Å². The van der Waals surface area contributed by atoms with E-state index in [9.17, 15) is 4.79 Å². The Balaban J connectivity index is 2.75. The van der Waals surface area contributed by atoms with Crippen LogP contribution in [-0.4, -0.2) is 17.4 Å². The van der Waals surface area contributed by atoms with E-state index >= 15 is 0 Å². The second-order valence-electron chi connectivity index (χ2n) is 4.36. The zero-order valence-corrected chi connectivity index (χ0v) is 11.0. The molecule has 0 fully saturated rings. The standard InChI is InChI=1S/C11H19N3OS/c1-6(2)5-13-7(3)9-8(4)14-11(16-9)10(12)15/h6-7,13H,5H2,1-4H3,(H2,12,15). The van der Waals surface area contributed by atoms with Crippen molar-refractivity contribution in [2.75, 3.05) is 6.54 Å². The van der Waals surface area contributed by atoms with Crippen LogP contribution in [0.3, 0.4) is 0 Å². The molecule has 1 aromatic heterocycles. The van der Waals surface area contributed by atoms with Crippen molar-refractivity contribution >= 4 is 17.2 Å². The maximum absolute atomic E-state index is 11.0. The number of nitrogens with one attached hydrogen (secondary N) is 1. The molecule has 1 rings (SSSR count). The summed E-state index contributed by atoms with van der Waals surface area (Å²) in [7, 11) is 0. The summed E-state index contributed by atoms with van der Waals surface area (Å²) < 4.78 is 0. The highest BCUT2D eigenvalue weighted by Gasteiger charge is 2.16. The van der Waals surface area contributed by atoms with Crippen LogP contribution in [0.15, 0.2) is 0 Å². The minimum atomic E-state index is -0.449. The van der Waals surface area contributed by atoms with Crippen LogP contribution in [0.1, 0.15) is 47.2 Å². The van der Waals surface area contributed by atoms with E-state index in [0.717, 1.165) is 17.1 Å². The van der Waals surface area contributed by atoms with Crippen molar-refractivity contribution in [3.8, 4) is 0 Å². The lowest BCUT2D eigenvalue weighted by Gasteiger charge is -2.14. The Hall–Kier alpha value is -0.940. The smallest absolute Gasteiger partial charge is 0.277 e. The molecule has 1 unspecified atom stereocenters. The third kappa shape index (κ3) is 3.28. The van der Waals surface area contributed by atoms with Gasteiger partial charge in [-0.3, -0.25) is 4.79 Å². The second kappa shape index (κ2) is 5.41. The van der Waals surface area contributed by atoms with Crippen LogP contribution < -0.4 is 11.1 Å². The van der Waals surface area contributed by atoms with E-state index in [-0.39, 0.29) is 6.04 Å². The summed E-state index contributed by atoms with van der Waals surface area (Å²) in [6.07, 6.45) is 0. The highest BCUT2D eigenvalue weighted by molar-refractivity contribution is 7.13. The number of carbonyl (C=O) groups is 1. The topological polar surface area (TPSA) is 68.0 Å². The number of hydrogen-bond acceptors (Lipinski definition) is 4. The molecule has 90 valence electrons. The summed E-state index contributed by atoms with van der Waals surface area (Å²) in [5.41, 5.74) is 6.10. The highest BCUT2D eigenvalue weighted by atomic mass is 32.1. The molecule has 1 aromatic rings. The van der Waals surface area contributed by atoms with E-state index in [1.54, 1.807) is 0 Å². The van der Waals surface area contributed by atoms with Crippen molar-refractivity contribution < 1.29 is 4.79 Å². The number of amides is 1. The number of carbonyl (C=O) groups excluding carboxylic acids is 1. The molecular formula is C11H19N3OS. The van der Waals surface area contributed by atoms with Crippen molar-refractivity contribution in [3.63, 3.8) is 0 Å². The van der Waals surface area contributed by atoms with Crippen LogP contribution in [0.2, 0.25) is 0 Å². The van der Waals surface area contributed by atoms with Gasteiger partial charge in [0.15, 0.2) is 5.01 Å². The quantitative estimate of drug-likeness (QED) is 0.826. The van der Waals surface area contributed by atoms with Crippen LogP contribution in [-0.2, 0) is 0 Å². The molecule has 1 amide bonds. The molecule has 16 heavy (non-hydrogen) atoms. The Morgan fingerprint density at radius 3 is 2.56 bits per heavy atom. The minimum Gasteiger partial charge on any atom is -0.364 e. The van der Waals surface area contributed by atoms with Crippen molar-refractivity contribution in [1.29, 1.82) is 0 Å². The summed E-state index contributed by atoms with van der Waals surface area (Å²) in [6, 6.07) is 0.216. The minimum absolute atomic E-state index is 0.216. The fourth-order valence-electron chi connectivity index (χ4n) is 1.42. The third-order valence-corrected chi connectivity index (χ3v) is 3.62. The molecule has 0 aliphatic rings. The molecular weight excluding hydrogens is 222 g/mol. The Labute approximate surface area is 100 Å². The summed E-state index contributed by atoms with van der Waals surface area (Å²) in [5, 5.41) is 3.80. The molecule has 0 aliphatic carbocycles. The lowest BCUT2D eigenvalue weighted by Crippen LogP contribution is -2.23. The van der Waals surface area contributed by atoms with Crippen LogP contribution in [0, 0.1) is 12.8 Å². The average molecular weight is 241 g/mol. The molecule has 4 nitrogen and oxygen atoms in total. The largest absolute Gasteiger partial charge is 0.364 e. The van der Waals surface area contributed by atoms with Gasteiger partial charge in [0.25, 0.3) is 5.91 Å². The van der Waals surface area contributed by atoms with E-state index in [0.29, 0.717) is 10.9 Å². The summed E-state index contributed by atoms with van der Waals surface area (Å²) in [5.74, 6) is 0.154. The van der Waals surface area contributed by atoms with Gasteiger partial charge in [-0.2, -0.15) is 0 Å². The molecule has 0 bridgehead atoms. The lowest BCUT2D eigenvalue weighted by molar-refractivity contribution is 0.1000. The molecule has 5 heteroatoms. The first kappa shape index (κ1) is 13.1. The summed E-state index contributed by atoms with van der Waals surface area (Å²) in [4.78, 5) is 16.3. The third-order valence-electron chi connectivity index (χ3n) is 2.27. The Morgan fingerprint density at radius 2 is 2.12 bits per heavy atom. The van der Waals surface area contributed by atoms with Gasteiger partial charge in [0, 0.05) is 10.9 Å². The second-order valence-corrected chi connectivity index (χ2v) is 5.39. The van der Waals surface area contributed by atoms with Gasteiger partial charge in [0.05, 0.1) is 5.69 Å². The first-order valence-electron chi connectivity index (χ1n) is 5.42. The SMILES string of the molecule is Cc1nc(C(N)=O)sc1C(C)NCC(C)C. The predicted molar refractivity (Wildman–Crippen MR) is 66.6 cm³/mol. The maximum Gasteiger partial charge on any atom is 0.277 e. The molecule has 0 spiro atoms. The van der Waals surface area contributed by atoms with Crippen molar-refractivity contribution in [2.45, 2.75) is 33.7 Å². The monoisotopic (exact) mass is 241 g/mol. The summed E-state index contributed by atoms with van der Waals surface area (Å²) in [6.45, 7) is 9.26. The van der Waals surface area contributed by atoms with Gasteiger partial charge < -0.3 is 11.1 Å². The van der Waals surface area contributed by atoms with Crippen LogP contribution in [0.25, 0.3) is 0 Å². The average Bonchev–Trinajstić information content (AvgIpc) is 2.57. The Bertz CT molecular complexity index is 373.